The summed E-state index contributed by atoms with van der Waals surface area (Å²) in [7, 11) is 1.67. The fraction of sp³-hybridized carbons (Fsp3) is 0.300. The summed E-state index contributed by atoms with van der Waals surface area (Å²) in [5.41, 5.74) is 0.576. The van der Waals surface area contributed by atoms with E-state index in [0.717, 1.165) is 0 Å². The van der Waals surface area contributed by atoms with E-state index in [2.05, 4.69) is 10.6 Å². The van der Waals surface area contributed by atoms with Crippen LogP contribution in [0.2, 0.25) is 0 Å². The topological polar surface area (TPSA) is 41.1 Å². The van der Waals surface area contributed by atoms with Crippen LogP contribution in [0.1, 0.15) is 10.4 Å². The Kier molecular flexibility index (Phi) is 4.88. The molecule has 0 saturated carbocycles. The Labute approximate surface area is 98.8 Å². The number of carbonyl (C=O) groups is 1. The Morgan fingerprint density at radius 1 is 1.27 bits per heavy atom. The first-order valence-corrected chi connectivity index (χ1v) is 5.33. The summed E-state index contributed by atoms with van der Waals surface area (Å²) in [6.07, 6.45) is -0.457. The molecule has 0 bridgehead atoms. The van der Waals surface area contributed by atoms with Gasteiger partial charge in [0.1, 0.15) is 11.0 Å². The van der Waals surface area contributed by atoms with Crippen molar-refractivity contribution >= 4 is 29.1 Å². The molecule has 0 spiro atoms. The van der Waals surface area contributed by atoms with Gasteiger partial charge in [0.2, 0.25) is 0 Å². The van der Waals surface area contributed by atoms with E-state index in [1.807, 2.05) is 6.07 Å². The molecule has 15 heavy (non-hydrogen) atoms. The molecule has 0 aliphatic rings. The fourth-order valence-corrected chi connectivity index (χ4v) is 1.45. The lowest BCUT2D eigenvalue weighted by molar-refractivity contribution is 0.0934. The van der Waals surface area contributed by atoms with E-state index >= 15 is 0 Å². The number of hydrogen-bond donors (Lipinski definition) is 2. The smallest absolute Gasteiger partial charge is 0.252 e. The van der Waals surface area contributed by atoms with Gasteiger partial charge in [-0.15, -0.1) is 23.2 Å². The van der Waals surface area contributed by atoms with Crippen LogP contribution >= 0.6 is 23.2 Å². The number of rotatable bonds is 4. The Bertz CT molecular complexity index is 316. The maximum atomic E-state index is 11.7. The number of benzene rings is 1. The Hall–Kier alpha value is -0.770. The van der Waals surface area contributed by atoms with Crippen LogP contribution in [0.5, 0.6) is 0 Å². The quantitative estimate of drug-likeness (QED) is 0.628. The van der Waals surface area contributed by atoms with Crippen LogP contribution < -0.4 is 10.6 Å². The predicted molar refractivity (Wildman–Crippen MR) is 62.2 cm³/mol. The Morgan fingerprint density at radius 2 is 1.87 bits per heavy atom. The zero-order valence-corrected chi connectivity index (χ0v) is 9.72. The molecule has 1 aromatic carbocycles. The summed E-state index contributed by atoms with van der Waals surface area (Å²) >= 11 is 11.3. The number of hydrogen-bond acceptors (Lipinski definition) is 2. The van der Waals surface area contributed by atoms with E-state index in [1.54, 1.807) is 31.3 Å². The fourth-order valence-electron chi connectivity index (χ4n) is 1.08. The van der Waals surface area contributed by atoms with E-state index in [9.17, 15) is 4.79 Å². The number of alkyl halides is 2. The number of carbonyl (C=O) groups excluding carboxylic acids is 1. The molecule has 1 atom stereocenters. The highest BCUT2D eigenvalue weighted by atomic mass is 35.5. The summed E-state index contributed by atoms with van der Waals surface area (Å²) < 4.78 is 0. The van der Waals surface area contributed by atoms with Gasteiger partial charge in [-0.05, 0) is 19.2 Å². The third kappa shape index (κ3) is 3.70. The minimum Gasteiger partial charge on any atom is -0.334 e. The molecule has 0 radical (unpaired) electrons. The van der Waals surface area contributed by atoms with Crippen LogP contribution in [-0.4, -0.2) is 24.0 Å². The van der Waals surface area contributed by atoms with Gasteiger partial charge in [0.25, 0.3) is 5.91 Å². The van der Waals surface area contributed by atoms with E-state index in [-0.39, 0.29) is 5.91 Å². The monoisotopic (exact) mass is 246 g/mol. The van der Waals surface area contributed by atoms with Crippen LogP contribution in [0.15, 0.2) is 30.3 Å². The van der Waals surface area contributed by atoms with Gasteiger partial charge in [0.05, 0.1) is 0 Å². The van der Waals surface area contributed by atoms with Crippen molar-refractivity contribution in [2.24, 2.45) is 0 Å². The van der Waals surface area contributed by atoms with Crippen molar-refractivity contribution < 1.29 is 4.79 Å². The maximum absolute atomic E-state index is 11.7. The van der Waals surface area contributed by atoms with Gasteiger partial charge in [-0.25, -0.2) is 0 Å². The van der Waals surface area contributed by atoms with Crippen LogP contribution in [0.4, 0.5) is 0 Å². The van der Waals surface area contributed by atoms with Gasteiger partial charge >= 0.3 is 0 Å². The van der Waals surface area contributed by atoms with Crippen molar-refractivity contribution in [3.05, 3.63) is 35.9 Å². The first kappa shape index (κ1) is 12.3. The van der Waals surface area contributed by atoms with Crippen molar-refractivity contribution in [1.82, 2.24) is 10.6 Å². The van der Waals surface area contributed by atoms with Crippen molar-refractivity contribution in [2.75, 3.05) is 7.05 Å². The molecule has 82 valence electrons. The molecular weight excluding hydrogens is 235 g/mol. The molecular formula is C10H12Cl2N2O. The van der Waals surface area contributed by atoms with Crippen LogP contribution in [0.3, 0.4) is 0 Å². The second-order valence-electron chi connectivity index (χ2n) is 2.94. The van der Waals surface area contributed by atoms with Crippen LogP contribution in [0.25, 0.3) is 0 Å². The molecule has 2 N–H and O–H groups in total. The average Bonchev–Trinajstić information content (AvgIpc) is 2.26. The van der Waals surface area contributed by atoms with Crippen molar-refractivity contribution in [2.45, 2.75) is 11.0 Å². The highest BCUT2D eigenvalue weighted by Gasteiger charge is 2.17. The largest absolute Gasteiger partial charge is 0.334 e. The van der Waals surface area contributed by atoms with E-state index in [4.69, 9.17) is 23.2 Å². The normalized spacial score (nSPS) is 12.5. The highest BCUT2D eigenvalue weighted by Crippen LogP contribution is 2.06. The molecule has 0 fully saturated rings. The third-order valence-corrected chi connectivity index (χ3v) is 2.39. The molecule has 5 heteroatoms. The summed E-state index contributed by atoms with van der Waals surface area (Å²) in [4.78, 5) is 11.0. The molecule has 1 rings (SSSR count). The number of nitrogens with one attached hydrogen (secondary N) is 2. The van der Waals surface area contributed by atoms with Gasteiger partial charge in [-0.1, -0.05) is 18.2 Å². The van der Waals surface area contributed by atoms with Crippen LogP contribution in [-0.2, 0) is 0 Å². The van der Waals surface area contributed by atoms with Crippen LogP contribution in [0, 0.1) is 0 Å². The lowest BCUT2D eigenvalue weighted by Gasteiger charge is -2.18. The van der Waals surface area contributed by atoms with E-state index < -0.39 is 11.0 Å². The molecule has 0 aromatic heterocycles. The van der Waals surface area contributed by atoms with Gasteiger partial charge in [-0.2, -0.15) is 0 Å². The molecule has 1 aromatic rings. The van der Waals surface area contributed by atoms with Gasteiger partial charge in [0, 0.05) is 5.56 Å². The summed E-state index contributed by atoms with van der Waals surface area (Å²) in [5.74, 6) is -0.207. The third-order valence-electron chi connectivity index (χ3n) is 1.89. The Balaban J connectivity index is 2.63. The van der Waals surface area contributed by atoms with Gasteiger partial charge in [-0.3, -0.25) is 10.1 Å². The molecule has 1 amide bonds. The summed E-state index contributed by atoms with van der Waals surface area (Å²) in [5, 5.41) is 5.47. The minimum atomic E-state index is -0.692. The average molecular weight is 247 g/mol. The van der Waals surface area contributed by atoms with Gasteiger partial charge in [0.15, 0.2) is 0 Å². The molecule has 1 unspecified atom stereocenters. The summed E-state index contributed by atoms with van der Waals surface area (Å²) in [6, 6.07) is 8.88. The standard InChI is InChI=1S/C10H12Cl2N2O/c1-13-9(8(11)12)14-10(15)7-5-3-2-4-6-7/h2-6,8-9,13H,1H3,(H,14,15). The zero-order chi connectivity index (χ0) is 11.3. The second kappa shape index (κ2) is 5.95. The maximum Gasteiger partial charge on any atom is 0.252 e. The number of halogens is 2. The first-order chi connectivity index (χ1) is 7.15. The SMILES string of the molecule is CNC(NC(=O)c1ccccc1)C(Cl)Cl. The predicted octanol–water partition coefficient (Wildman–Crippen LogP) is 1.77. The number of amides is 1. The Morgan fingerprint density at radius 3 is 2.33 bits per heavy atom. The summed E-state index contributed by atoms with van der Waals surface area (Å²) in [6.45, 7) is 0. The second-order valence-corrected chi connectivity index (χ2v) is 4.10. The van der Waals surface area contributed by atoms with E-state index in [0.29, 0.717) is 5.56 Å². The molecule has 0 saturated heterocycles. The lowest BCUT2D eigenvalue weighted by Crippen LogP contribution is -2.47. The molecule has 0 aliphatic heterocycles. The molecule has 3 nitrogen and oxygen atoms in total. The van der Waals surface area contributed by atoms with Crippen molar-refractivity contribution in [3.63, 3.8) is 0 Å². The van der Waals surface area contributed by atoms with Crippen molar-refractivity contribution in [1.29, 1.82) is 0 Å². The minimum absolute atomic E-state index is 0.207. The molecule has 0 heterocycles. The lowest BCUT2D eigenvalue weighted by atomic mass is 10.2. The zero-order valence-electron chi connectivity index (χ0n) is 8.21. The van der Waals surface area contributed by atoms with E-state index in [1.165, 1.54) is 0 Å². The first-order valence-electron chi connectivity index (χ1n) is 4.46. The highest BCUT2D eigenvalue weighted by molar-refractivity contribution is 6.44. The molecule has 0 aliphatic carbocycles. The van der Waals surface area contributed by atoms with Gasteiger partial charge < -0.3 is 5.32 Å². The van der Waals surface area contributed by atoms with Crippen molar-refractivity contribution in [3.8, 4) is 0 Å².